The van der Waals surface area contributed by atoms with Gasteiger partial charge in [0.25, 0.3) is 11.6 Å². The smallest absolute Gasteiger partial charge is 0.324 e. The lowest BCUT2D eigenvalue weighted by Gasteiger charge is -2.24. The Morgan fingerprint density at radius 3 is 2.81 bits per heavy atom. The lowest BCUT2D eigenvalue weighted by molar-refractivity contribution is -0.385. The molecule has 1 atom stereocenters. The van der Waals surface area contributed by atoms with Crippen molar-refractivity contribution in [3.63, 3.8) is 0 Å². The minimum atomic E-state index is -0.966. The number of nitro groups is 1. The van der Waals surface area contributed by atoms with E-state index >= 15 is 0 Å². The minimum Gasteiger partial charge on any atom is -0.464 e. The fraction of sp³-hybridized carbons (Fsp3) is 0.471. The second kappa shape index (κ2) is 9.08. The highest BCUT2D eigenvalue weighted by Crippen LogP contribution is 2.29. The lowest BCUT2D eigenvalue weighted by atomic mass is 10.1. The zero-order chi connectivity index (χ0) is 20.0. The number of hydrazine groups is 1. The Morgan fingerprint density at radius 1 is 1.44 bits per heavy atom. The van der Waals surface area contributed by atoms with Crippen molar-refractivity contribution in [1.29, 1.82) is 0 Å². The zero-order valence-corrected chi connectivity index (χ0v) is 15.0. The third kappa shape index (κ3) is 5.00. The number of esters is 1. The first kappa shape index (κ1) is 20.3. The van der Waals surface area contributed by atoms with Gasteiger partial charge in [0.1, 0.15) is 6.04 Å². The molecule has 1 aromatic carbocycles. The van der Waals surface area contributed by atoms with Gasteiger partial charge in [-0.1, -0.05) is 19.4 Å². The first-order valence-electron chi connectivity index (χ1n) is 8.64. The summed E-state index contributed by atoms with van der Waals surface area (Å²) in [6.07, 6.45) is 1.50. The molecule has 10 heteroatoms. The number of nitro benzene ring substituents is 1. The molecule has 1 aliphatic rings. The molecule has 0 saturated heterocycles. The van der Waals surface area contributed by atoms with Crippen molar-refractivity contribution >= 4 is 23.5 Å². The topological polar surface area (TPSA) is 145 Å². The number of amides is 2. The maximum atomic E-state index is 12.5. The van der Waals surface area contributed by atoms with Gasteiger partial charge in [-0.25, -0.2) is 5.43 Å². The highest BCUT2D eigenvalue weighted by atomic mass is 16.6. The number of carbonyl (C=O) groups is 3. The van der Waals surface area contributed by atoms with Crippen LogP contribution in [0.25, 0.3) is 0 Å². The number of carbonyl (C=O) groups excluding carboxylic acids is 3. The molecule has 0 fully saturated rings. The highest BCUT2D eigenvalue weighted by Gasteiger charge is 2.35. The number of hydrogen-bond donors (Lipinski definition) is 2. The van der Waals surface area contributed by atoms with Gasteiger partial charge in [-0.15, -0.1) is 0 Å². The molecule has 0 radical (unpaired) electrons. The summed E-state index contributed by atoms with van der Waals surface area (Å²) in [4.78, 5) is 46.5. The quantitative estimate of drug-likeness (QED) is 0.268. The fourth-order valence-corrected chi connectivity index (χ4v) is 2.72. The van der Waals surface area contributed by atoms with E-state index in [1.54, 1.807) is 0 Å². The van der Waals surface area contributed by atoms with Crippen molar-refractivity contribution in [1.82, 2.24) is 10.4 Å². The number of benzene rings is 1. The number of primary amides is 1. The Morgan fingerprint density at radius 2 is 2.19 bits per heavy atom. The predicted molar refractivity (Wildman–Crippen MR) is 94.2 cm³/mol. The average molecular weight is 378 g/mol. The summed E-state index contributed by atoms with van der Waals surface area (Å²) in [5.41, 5.74) is 8.19. The van der Waals surface area contributed by atoms with E-state index in [0.29, 0.717) is 6.42 Å². The van der Waals surface area contributed by atoms with Crippen LogP contribution in [0.1, 0.15) is 48.5 Å². The van der Waals surface area contributed by atoms with Gasteiger partial charge in [0, 0.05) is 12.5 Å². The Hall–Kier alpha value is -3.01. The molecule has 2 amide bonds. The molecule has 3 N–H and O–H groups in total. The molecular formula is C17H22N4O6. The van der Waals surface area contributed by atoms with Crippen molar-refractivity contribution in [2.24, 2.45) is 5.73 Å². The first-order chi connectivity index (χ1) is 12.8. The third-order valence-corrected chi connectivity index (χ3v) is 4.16. The third-order valence-electron chi connectivity index (χ3n) is 4.16. The molecule has 1 aromatic rings. The first-order valence-corrected chi connectivity index (χ1v) is 8.64. The summed E-state index contributed by atoms with van der Waals surface area (Å²) in [5, 5.41) is 12.3. The standard InChI is InChI=1S/C17H22N4O6/c1-2-3-9-27-17(24)13(7-8-15(18)22)19-20-10-12-11(16(20)23)5-4-6-14(12)21(25)26/h4-6,13,19H,2-3,7-10H2,1H3,(H2,18,22)/t13-/m0/s1. The van der Waals surface area contributed by atoms with Crippen LogP contribution in [0.5, 0.6) is 0 Å². The van der Waals surface area contributed by atoms with Crippen molar-refractivity contribution in [2.75, 3.05) is 6.61 Å². The van der Waals surface area contributed by atoms with Gasteiger partial charge in [0.15, 0.2) is 0 Å². The summed E-state index contributed by atoms with van der Waals surface area (Å²) in [6, 6.07) is 3.28. The molecule has 27 heavy (non-hydrogen) atoms. The van der Waals surface area contributed by atoms with Gasteiger partial charge < -0.3 is 10.5 Å². The number of hydrogen-bond acceptors (Lipinski definition) is 7. The molecule has 0 unspecified atom stereocenters. The van der Waals surface area contributed by atoms with Crippen molar-refractivity contribution in [3.8, 4) is 0 Å². The monoisotopic (exact) mass is 378 g/mol. The second-order valence-electron chi connectivity index (χ2n) is 6.16. The highest BCUT2D eigenvalue weighted by molar-refractivity contribution is 5.99. The molecule has 0 bridgehead atoms. The van der Waals surface area contributed by atoms with E-state index in [-0.39, 0.29) is 42.8 Å². The van der Waals surface area contributed by atoms with Crippen molar-refractivity contribution in [2.45, 2.75) is 45.2 Å². The molecule has 146 valence electrons. The number of fused-ring (bicyclic) bond motifs is 1. The minimum absolute atomic E-state index is 0.0442. The number of nitrogens with zero attached hydrogens (tertiary/aromatic N) is 2. The molecular weight excluding hydrogens is 356 g/mol. The average Bonchev–Trinajstić information content (AvgIpc) is 2.94. The Labute approximate surface area is 155 Å². The largest absolute Gasteiger partial charge is 0.464 e. The maximum Gasteiger partial charge on any atom is 0.324 e. The number of rotatable bonds is 10. The van der Waals surface area contributed by atoms with Crippen LogP contribution in [-0.2, 0) is 20.9 Å². The predicted octanol–water partition coefficient (Wildman–Crippen LogP) is 1.03. The lowest BCUT2D eigenvalue weighted by Crippen LogP contribution is -2.49. The summed E-state index contributed by atoms with van der Waals surface area (Å²) in [7, 11) is 0. The number of nitrogens with two attached hydrogens (primary N) is 1. The van der Waals surface area contributed by atoms with Gasteiger partial charge in [-0.2, -0.15) is 0 Å². The van der Waals surface area contributed by atoms with Crippen molar-refractivity contribution < 1.29 is 24.0 Å². The van der Waals surface area contributed by atoms with E-state index in [4.69, 9.17) is 10.5 Å². The van der Waals surface area contributed by atoms with E-state index in [2.05, 4.69) is 5.43 Å². The van der Waals surface area contributed by atoms with Gasteiger partial charge in [-0.3, -0.25) is 29.5 Å². The normalized spacial score (nSPS) is 14.0. The number of unbranched alkanes of at least 4 members (excludes halogenated alkanes) is 1. The molecule has 1 aliphatic heterocycles. The second-order valence-corrected chi connectivity index (χ2v) is 6.16. The molecule has 0 spiro atoms. The molecule has 10 nitrogen and oxygen atoms in total. The van der Waals surface area contributed by atoms with Crippen LogP contribution < -0.4 is 11.2 Å². The van der Waals surface area contributed by atoms with Crippen LogP contribution >= 0.6 is 0 Å². The maximum absolute atomic E-state index is 12.5. The molecule has 2 rings (SSSR count). The van der Waals surface area contributed by atoms with E-state index in [1.165, 1.54) is 18.2 Å². The number of ether oxygens (including phenoxy) is 1. The Bertz CT molecular complexity index is 751. The zero-order valence-electron chi connectivity index (χ0n) is 15.0. The SMILES string of the molecule is CCCCOC(=O)[C@H](CCC(N)=O)NN1Cc2c(cccc2[N+](=O)[O-])C1=O. The molecule has 0 saturated carbocycles. The van der Waals surface area contributed by atoms with E-state index in [0.717, 1.165) is 11.4 Å². The van der Waals surface area contributed by atoms with Gasteiger partial charge in [0.05, 0.1) is 29.2 Å². The number of nitrogens with one attached hydrogen (secondary N) is 1. The van der Waals surface area contributed by atoms with Gasteiger partial charge in [-0.05, 0) is 18.9 Å². The summed E-state index contributed by atoms with van der Waals surface area (Å²) in [5.74, 6) is -1.68. The van der Waals surface area contributed by atoms with Crippen LogP contribution in [0.2, 0.25) is 0 Å². The summed E-state index contributed by atoms with van der Waals surface area (Å²) >= 11 is 0. The van der Waals surface area contributed by atoms with Crippen LogP contribution in [0.15, 0.2) is 18.2 Å². The Kier molecular flexibility index (Phi) is 6.83. The summed E-state index contributed by atoms with van der Waals surface area (Å²) < 4.78 is 5.16. The van der Waals surface area contributed by atoms with Gasteiger partial charge in [0.2, 0.25) is 5.91 Å². The van der Waals surface area contributed by atoms with Crippen LogP contribution in [0, 0.1) is 10.1 Å². The van der Waals surface area contributed by atoms with Crippen LogP contribution in [0.3, 0.4) is 0 Å². The molecule has 0 aliphatic carbocycles. The summed E-state index contributed by atoms with van der Waals surface area (Å²) in [6.45, 7) is 2.11. The van der Waals surface area contributed by atoms with E-state index in [9.17, 15) is 24.5 Å². The van der Waals surface area contributed by atoms with E-state index < -0.39 is 28.7 Å². The molecule has 0 aromatic heterocycles. The van der Waals surface area contributed by atoms with Gasteiger partial charge >= 0.3 is 5.97 Å². The Balaban J connectivity index is 2.13. The fourth-order valence-electron chi connectivity index (χ4n) is 2.72. The van der Waals surface area contributed by atoms with Crippen molar-refractivity contribution in [3.05, 3.63) is 39.4 Å². The van der Waals surface area contributed by atoms with Crippen LogP contribution in [-0.4, -0.2) is 40.4 Å². The van der Waals surface area contributed by atoms with Crippen LogP contribution in [0.4, 0.5) is 5.69 Å². The van der Waals surface area contributed by atoms with E-state index in [1.807, 2.05) is 6.92 Å². The molecule has 1 heterocycles.